The van der Waals surface area contributed by atoms with Crippen molar-refractivity contribution in [2.75, 3.05) is 6.61 Å². The molecule has 0 aromatic heterocycles. The zero-order valence-electron chi connectivity index (χ0n) is 21.8. The van der Waals surface area contributed by atoms with Gasteiger partial charge in [-0.05, 0) is 113 Å². The van der Waals surface area contributed by atoms with Gasteiger partial charge in [-0.1, -0.05) is 56.6 Å². The summed E-state index contributed by atoms with van der Waals surface area (Å²) in [5.41, 5.74) is 3.86. The normalized spacial score (nSPS) is 36.4. The largest absolute Gasteiger partial charge is 0.396 e. The minimum atomic E-state index is -0.550. The number of fused-ring (bicyclic) bond motifs is 1. The second-order valence-corrected chi connectivity index (χ2v) is 12.4. The zero-order valence-corrected chi connectivity index (χ0v) is 21.8. The molecule has 3 aliphatic rings. The van der Waals surface area contributed by atoms with Gasteiger partial charge in [-0.25, -0.2) is 0 Å². The molecule has 0 aromatic carbocycles. The van der Waals surface area contributed by atoms with Gasteiger partial charge in [0, 0.05) is 6.61 Å². The van der Waals surface area contributed by atoms with Crippen molar-refractivity contribution in [3.05, 3.63) is 35.5 Å². The number of hydrogen-bond donors (Lipinski definition) is 3. The highest BCUT2D eigenvalue weighted by Gasteiger charge is 2.50. The van der Waals surface area contributed by atoms with Crippen LogP contribution in [0.15, 0.2) is 35.5 Å². The van der Waals surface area contributed by atoms with Crippen LogP contribution in [0.1, 0.15) is 105 Å². The van der Waals surface area contributed by atoms with E-state index in [0.29, 0.717) is 23.7 Å². The van der Waals surface area contributed by atoms with Crippen molar-refractivity contribution >= 4 is 0 Å². The summed E-state index contributed by atoms with van der Waals surface area (Å²) in [4.78, 5) is 0. The molecule has 0 aromatic rings. The molecule has 0 heterocycles. The van der Waals surface area contributed by atoms with Gasteiger partial charge >= 0.3 is 0 Å². The first-order valence-corrected chi connectivity index (χ1v) is 13.6. The van der Waals surface area contributed by atoms with Crippen molar-refractivity contribution in [1.82, 2.24) is 0 Å². The highest BCUT2D eigenvalue weighted by atomic mass is 16.3. The van der Waals surface area contributed by atoms with Gasteiger partial charge in [0.05, 0.1) is 11.7 Å². The molecule has 3 nitrogen and oxygen atoms in total. The Morgan fingerprint density at radius 2 is 1.94 bits per heavy atom. The first-order valence-electron chi connectivity index (χ1n) is 13.6. The third-order valence-corrected chi connectivity index (χ3v) is 9.34. The van der Waals surface area contributed by atoms with Crippen LogP contribution in [0.2, 0.25) is 0 Å². The summed E-state index contributed by atoms with van der Waals surface area (Å²) < 4.78 is 0. The standard InChI is InChI=1S/C30H50O3/c1-21(9-6-16-29(3,4)33)26-14-15-27-23(10-7-17-30(26,27)5)12-13-24-20-28(32)25(11-8-18-31)19-22(24)2/h12-13,21,25-28,31-33H,2,6-11,14-20H2,1,3-5H3/b23-12+,24-13-/t21-,25-,26-,27+,28-,30-/m1/s1. The zero-order chi connectivity index (χ0) is 24.2. The summed E-state index contributed by atoms with van der Waals surface area (Å²) in [6.07, 6.45) is 17.2. The van der Waals surface area contributed by atoms with Crippen LogP contribution >= 0.6 is 0 Å². The molecule has 0 bridgehead atoms. The fourth-order valence-electron chi connectivity index (χ4n) is 7.43. The minimum absolute atomic E-state index is 0.198. The predicted molar refractivity (Wildman–Crippen MR) is 138 cm³/mol. The summed E-state index contributed by atoms with van der Waals surface area (Å²) >= 11 is 0. The van der Waals surface area contributed by atoms with Crippen LogP contribution in [-0.2, 0) is 0 Å². The maximum atomic E-state index is 10.6. The average molecular weight is 459 g/mol. The van der Waals surface area contributed by atoms with Crippen molar-refractivity contribution in [3.8, 4) is 0 Å². The van der Waals surface area contributed by atoms with Crippen LogP contribution in [0.3, 0.4) is 0 Å². The molecule has 0 amide bonds. The SMILES string of the molecule is C=C1C[C@@H](CCCO)[C@H](O)C/C1=C/C=C1\CCC[C@]2(C)[C@@H]([C@H](C)CCCC(C)(C)O)CC[C@@H]12. The van der Waals surface area contributed by atoms with Crippen LogP contribution in [0.25, 0.3) is 0 Å². The molecule has 0 radical (unpaired) electrons. The molecule has 0 saturated heterocycles. The van der Waals surface area contributed by atoms with Crippen molar-refractivity contribution < 1.29 is 15.3 Å². The second kappa shape index (κ2) is 11.2. The van der Waals surface area contributed by atoms with Gasteiger partial charge in [-0.3, -0.25) is 0 Å². The van der Waals surface area contributed by atoms with Gasteiger partial charge in [0.1, 0.15) is 0 Å². The Labute approximate surface area is 203 Å². The highest BCUT2D eigenvalue weighted by Crippen LogP contribution is 2.60. The number of hydrogen-bond acceptors (Lipinski definition) is 3. The topological polar surface area (TPSA) is 60.7 Å². The minimum Gasteiger partial charge on any atom is -0.396 e. The molecule has 3 saturated carbocycles. The first-order chi connectivity index (χ1) is 15.5. The molecule has 33 heavy (non-hydrogen) atoms. The Kier molecular flexibility index (Phi) is 9.08. The first kappa shape index (κ1) is 26.7. The van der Waals surface area contributed by atoms with Gasteiger partial charge in [0.15, 0.2) is 0 Å². The second-order valence-electron chi connectivity index (χ2n) is 12.4. The Bertz CT molecular complexity index is 727. The van der Waals surface area contributed by atoms with Crippen molar-refractivity contribution in [2.24, 2.45) is 29.1 Å². The summed E-state index contributed by atoms with van der Waals surface area (Å²) in [6, 6.07) is 0. The Morgan fingerprint density at radius 3 is 2.64 bits per heavy atom. The lowest BCUT2D eigenvalue weighted by atomic mass is 9.60. The number of aliphatic hydroxyl groups excluding tert-OH is 2. The molecule has 3 fully saturated rings. The van der Waals surface area contributed by atoms with Crippen molar-refractivity contribution in [3.63, 3.8) is 0 Å². The van der Waals surface area contributed by atoms with E-state index in [1.807, 2.05) is 13.8 Å². The fourth-order valence-corrected chi connectivity index (χ4v) is 7.43. The van der Waals surface area contributed by atoms with E-state index in [1.165, 1.54) is 49.7 Å². The quantitative estimate of drug-likeness (QED) is 0.359. The lowest BCUT2D eigenvalue weighted by Gasteiger charge is -2.44. The number of allylic oxidation sites excluding steroid dienone is 4. The highest BCUT2D eigenvalue weighted by molar-refractivity contribution is 5.37. The van der Waals surface area contributed by atoms with Gasteiger partial charge in [-0.2, -0.15) is 0 Å². The van der Waals surface area contributed by atoms with E-state index in [1.54, 1.807) is 5.57 Å². The lowest BCUT2D eigenvalue weighted by molar-refractivity contribution is 0.0596. The Morgan fingerprint density at radius 1 is 1.18 bits per heavy atom. The summed E-state index contributed by atoms with van der Waals surface area (Å²) in [5, 5.41) is 29.8. The van der Waals surface area contributed by atoms with E-state index >= 15 is 0 Å². The van der Waals surface area contributed by atoms with Crippen molar-refractivity contribution in [1.29, 1.82) is 0 Å². The molecule has 0 spiro atoms. The van der Waals surface area contributed by atoms with E-state index in [0.717, 1.165) is 38.0 Å². The number of rotatable bonds is 9. The van der Waals surface area contributed by atoms with Crippen LogP contribution < -0.4 is 0 Å². The summed E-state index contributed by atoms with van der Waals surface area (Å²) in [6.45, 7) is 13.4. The van der Waals surface area contributed by atoms with Gasteiger partial charge in [-0.15, -0.1) is 0 Å². The Balaban J connectivity index is 1.65. The van der Waals surface area contributed by atoms with Crippen LogP contribution in [-0.4, -0.2) is 33.6 Å². The van der Waals surface area contributed by atoms with Crippen LogP contribution in [0.4, 0.5) is 0 Å². The molecule has 3 rings (SSSR count). The van der Waals surface area contributed by atoms with E-state index in [9.17, 15) is 10.2 Å². The Hall–Kier alpha value is -0.900. The smallest absolute Gasteiger partial charge is 0.0611 e. The van der Waals surface area contributed by atoms with Gasteiger partial charge in [0.25, 0.3) is 0 Å². The predicted octanol–water partition coefficient (Wildman–Crippen LogP) is 6.73. The molecular formula is C30H50O3. The van der Waals surface area contributed by atoms with E-state index in [2.05, 4.69) is 32.6 Å². The monoisotopic (exact) mass is 458 g/mol. The third-order valence-electron chi connectivity index (χ3n) is 9.34. The van der Waals surface area contributed by atoms with E-state index in [4.69, 9.17) is 5.11 Å². The molecule has 3 N–H and O–H groups in total. The van der Waals surface area contributed by atoms with Crippen LogP contribution in [0.5, 0.6) is 0 Å². The average Bonchev–Trinajstić information content (AvgIpc) is 3.09. The van der Waals surface area contributed by atoms with Gasteiger partial charge in [0.2, 0.25) is 0 Å². The van der Waals surface area contributed by atoms with Crippen LogP contribution in [0, 0.1) is 29.1 Å². The third kappa shape index (κ3) is 6.61. The molecule has 188 valence electrons. The summed E-state index contributed by atoms with van der Waals surface area (Å²) in [7, 11) is 0. The molecule has 0 aliphatic heterocycles. The maximum Gasteiger partial charge on any atom is 0.0611 e. The molecule has 6 atom stereocenters. The maximum absolute atomic E-state index is 10.6. The number of aliphatic hydroxyl groups is 3. The van der Waals surface area contributed by atoms with E-state index < -0.39 is 5.60 Å². The molecule has 3 heteroatoms. The molecule has 3 aliphatic carbocycles. The fraction of sp³-hybridized carbons (Fsp3) is 0.800. The molecular weight excluding hydrogens is 408 g/mol. The molecule has 0 unspecified atom stereocenters. The van der Waals surface area contributed by atoms with E-state index in [-0.39, 0.29) is 18.6 Å². The summed E-state index contributed by atoms with van der Waals surface area (Å²) in [5.74, 6) is 2.41. The lowest BCUT2D eigenvalue weighted by Crippen LogP contribution is -2.36. The van der Waals surface area contributed by atoms with Gasteiger partial charge < -0.3 is 15.3 Å². The van der Waals surface area contributed by atoms with Crippen molar-refractivity contribution in [2.45, 2.75) is 116 Å².